The van der Waals surface area contributed by atoms with E-state index in [9.17, 15) is 20.1 Å². The highest BCUT2D eigenvalue weighted by atomic mass is 16.5. The molecule has 2 aliphatic rings. The second kappa shape index (κ2) is 13.9. The molecule has 6 heteroatoms. The van der Waals surface area contributed by atoms with Crippen molar-refractivity contribution in [2.24, 2.45) is 29.6 Å². The van der Waals surface area contributed by atoms with Crippen molar-refractivity contribution in [2.75, 3.05) is 7.11 Å². The fourth-order valence-electron chi connectivity index (χ4n) is 5.56. The van der Waals surface area contributed by atoms with Crippen LogP contribution in [0, 0.1) is 29.6 Å². The van der Waals surface area contributed by atoms with E-state index in [0.717, 1.165) is 18.4 Å². The lowest BCUT2D eigenvalue weighted by Gasteiger charge is -2.27. The minimum Gasteiger partial charge on any atom is -0.457 e. The second-order valence-electron chi connectivity index (χ2n) is 11.5. The Bertz CT molecular complexity index is 780. The minimum absolute atomic E-state index is 0.00688. The molecule has 1 aliphatic carbocycles. The average Bonchev–Trinajstić information content (AvgIpc) is 3.61. The zero-order valence-electron chi connectivity index (χ0n) is 23.4. The summed E-state index contributed by atoms with van der Waals surface area (Å²) in [6.45, 7) is 12.1. The van der Waals surface area contributed by atoms with E-state index in [1.165, 1.54) is 0 Å². The largest absolute Gasteiger partial charge is 0.457 e. The van der Waals surface area contributed by atoms with E-state index >= 15 is 0 Å². The van der Waals surface area contributed by atoms with Gasteiger partial charge in [0.15, 0.2) is 0 Å². The molecule has 1 heterocycles. The highest BCUT2D eigenvalue weighted by molar-refractivity contribution is 5.70. The van der Waals surface area contributed by atoms with Gasteiger partial charge < -0.3 is 24.8 Å². The number of aliphatic hydroxyl groups excluding tert-OH is 2. The van der Waals surface area contributed by atoms with Gasteiger partial charge >= 0.3 is 5.97 Å². The molecule has 1 fully saturated rings. The van der Waals surface area contributed by atoms with Gasteiger partial charge in [-0.25, -0.2) is 0 Å². The van der Waals surface area contributed by atoms with E-state index in [2.05, 4.69) is 13.8 Å². The number of carbonyl (C=O) groups excluding carboxylic acids is 1. The maximum Gasteiger partial charge on any atom is 0.309 e. The van der Waals surface area contributed by atoms with E-state index in [-0.39, 0.29) is 24.4 Å². The van der Waals surface area contributed by atoms with Gasteiger partial charge in [0.05, 0.1) is 30.3 Å². The molecule has 206 valence electrons. The first-order valence-corrected chi connectivity index (χ1v) is 13.7. The van der Waals surface area contributed by atoms with Crippen molar-refractivity contribution in [3.63, 3.8) is 0 Å². The normalized spacial score (nSPS) is 36.8. The molecule has 0 aromatic rings. The molecule has 0 aromatic carbocycles. The molecule has 3 N–H and O–H groups in total. The van der Waals surface area contributed by atoms with Gasteiger partial charge in [-0.1, -0.05) is 58.1 Å². The van der Waals surface area contributed by atoms with Gasteiger partial charge in [0.25, 0.3) is 0 Å². The molecule has 0 radical (unpaired) electrons. The third-order valence-corrected chi connectivity index (χ3v) is 8.21. The Morgan fingerprint density at radius 2 is 2.03 bits per heavy atom. The lowest BCUT2D eigenvalue weighted by Crippen LogP contribution is -2.30. The predicted molar refractivity (Wildman–Crippen MR) is 143 cm³/mol. The van der Waals surface area contributed by atoms with Crippen molar-refractivity contribution < 1.29 is 29.6 Å². The van der Waals surface area contributed by atoms with Crippen LogP contribution in [-0.4, -0.2) is 58.4 Å². The summed E-state index contributed by atoms with van der Waals surface area (Å²) in [7, 11) is 1.76. The highest BCUT2D eigenvalue weighted by Crippen LogP contribution is 2.49. The smallest absolute Gasteiger partial charge is 0.309 e. The van der Waals surface area contributed by atoms with Gasteiger partial charge in [0.1, 0.15) is 6.10 Å². The quantitative estimate of drug-likeness (QED) is 0.232. The standard InChI is InChI=1S/C30H50O6/c1-8-26(35-7)22(5)24-18-25(24)28(33)19(2)11-9-12-20(3)29-21(4)13-10-15-30(6,34)16-14-23(31)17-27(32)36-29/h9-13,19,21-26,28-29,31,33-34H,8,14-18H2,1-7H3/b11-9+,13-10+,20-12+/t19-,21-,22-,23+,24+,25-,26-,28+,29+,30-/m0/s1. The van der Waals surface area contributed by atoms with Crippen LogP contribution >= 0.6 is 0 Å². The lowest BCUT2D eigenvalue weighted by molar-refractivity contribution is -0.151. The molecule has 0 amide bonds. The van der Waals surface area contributed by atoms with Crippen LogP contribution in [-0.2, 0) is 14.3 Å². The summed E-state index contributed by atoms with van der Waals surface area (Å²) < 4.78 is 11.4. The maximum atomic E-state index is 12.5. The number of ether oxygens (including phenoxy) is 2. The Hall–Kier alpha value is -1.47. The van der Waals surface area contributed by atoms with E-state index in [1.54, 1.807) is 14.0 Å². The van der Waals surface area contributed by atoms with E-state index in [1.807, 2.05) is 51.2 Å². The molecule has 10 atom stereocenters. The first kappa shape index (κ1) is 30.8. The van der Waals surface area contributed by atoms with Gasteiger partial charge in [-0.2, -0.15) is 0 Å². The van der Waals surface area contributed by atoms with E-state index < -0.39 is 29.9 Å². The third-order valence-electron chi connectivity index (χ3n) is 8.21. The van der Waals surface area contributed by atoms with Crippen molar-refractivity contribution in [1.82, 2.24) is 0 Å². The molecule has 0 saturated heterocycles. The Morgan fingerprint density at radius 1 is 1.33 bits per heavy atom. The molecule has 1 saturated carbocycles. The zero-order valence-corrected chi connectivity index (χ0v) is 23.4. The fourth-order valence-corrected chi connectivity index (χ4v) is 5.56. The van der Waals surface area contributed by atoms with Crippen molar-refractivity contribution in [3.05, 3.63) is 36.0 Å². The number of allylic oxidation sites excluding steroid dienone is 2. The minimum atomic E-state index is -0.917. The van der Waals surface area contributed by atoms with Crippen molar-refractivity contribution >= 4 is 5.97 Å². The van der Waals surface area contributed by atoms with Crippen LogP contribution in [0.1, 0.15) is 80.1 Å². The maximum absolute atomic E-state index is 12.5. The molecule has 36 heavy (non-hydrogen) atoms. The number of carbonyl (C=O) groups is 1. The van der Waals surface area contributed by atoms with Crippen LogP contribution in [0.15, 0.2) is 36.0 Å². The summed E-state index contributed by atoms with van der Waals surface area (Å²) >= 11 is 0. The SMILES string of the molecule is CC[C@H](OC)[C@@H](C)[C@H]1C[C@@H]1[C@H](O)[C@@H](C)/C=C/C=C(\C)[C@H]1OC(=O)C[C@H](O)CC[C@@](C)(O)C/C=C/[C@@H]1C. The van der Waals surface area contributed by atoms with Gasteiger partial charge in [-0.05, 0) is 69.3 Å². The molecule has 0 unspecified atom stereocenters. The Kier molecular flexibility index (Phi) is 11.9. The van der Waals surface area contributed by atoms with Crippen LogP contribution in [0.3, 0.4) is 0 Å². The summed E-state index contributed by atoms with van der Waals surface area (Å²) in [5.41, 5.74) is -0.0275. The van der Waals surface area contributed by atoms with E-state index in [0.29, 0.717) is 37.0 Å². The predicted octanol–water partition coefficient (Wildman–Crippen LogP) is 4.97. The number of aliphatic hydroxyl groups is 3. The number of hydrogen-bond donors (Lipinski definition) is 3. The summed E-state index contributed by atoms with van der Waals surface area (Å²) in [4.78, 5) is 12.5. The molecule has 2 rings (SSSR count). The number of rotatable bonds is 9. The van der Waals surface area contributed by atoms with Gasteiger partial charge in [0, 0.05) is 18.9 Å². The summed E-state index contributed by atoms with van der Waals surface area (Å²) in [6.07, 6.45) is 11.5. The van der Waals surface area contributed by atoms with Gasteiger partial charge in [-0.15, -0.1) is 0 Å². The number of esters is 1. The van der Waals surface area contributed by atoms with Crippen LogP contribution in [0.2, 0.25) is 0 Å². The van der Waals surface area contributed by atoms with Crippen molar-refractivity contribution in [2.45, 2.75) is 110 Å². The first-order chi connectivity index (χ1) is 16.9. The fraction of sp³-hybridized carbons (Fsp3) is 0.767. The summed E-state index contributed by atoms with van der Waals surface area (Å²) in [5.74, 6) is 0.712. The van der Waals surface area contributed by atoms with Crippen molar-refractivity contribution in [1.29, 1.82) is 0 Å². The Morgan fingerprint density at radius 3 is 2.67 bits per heavy atom. The Balaban J connectivity index is 2.05. The number of cyclic esters (lactones) is 1. The monoisotopic (exact) mass is 506 g/mol. The number of methoxy groups -OCH3 is 1. The molecular formula is C30H50O6. The van der Waals surface area contributed by atoms with E-state index in [4.69, 9.17) is 9.47 Å². The Labute approximate surface area is 218 Å². The van der Waals surface area contributed by atoms with Gasteiger partial charge in [0.2, 0.25) is 0 Å². The van der Waals surface area contributed by atoms with Crippen LogP contribution < -0.4 is 0 Å². The molecule has 0 spiro atoms. The summed E-state index contributed by atoms with van der Waals surface area (Å²) in [6, 6.07) is 0. The lowest BCUT2D eigenvalue weighted by atomic mass is 9.90. The first-order valence-electron chi connectivity index (χ1n) is 13.7. The molecular weight excluding hydrogens is 456 g/mol. The topological polar surface area (TPSA) is 96.2 Å². The third kappa shape index (κ3) is 9.13. The second-order valence-corrected chi connectivity index (χ2v) is 11.5. The summed E-state index contributed by atoms with van der Waals surface area (Å²) in [5, 5.41) is 31.7. The molecule has 0 aromatic heterocycles. The van der Waals surface area contributed by atoms with Crippen molar-refractivity contribution in [3.8, 4) is 0 Å². The van der Waals surface area contributed by atoms with Crippen LogP contribution in [0.25, 0.3) is 0 Å². The molecule has 1 aliphatic heterocycles. The molecule has 6 nitrogen and oxygen atoms in total. The van der Waals surface area contributed by atoms with Crippen LogP contribution in [0.4, 0.5) is 0 Å². The highest BCUT2D eigenvalue weighted by Gasteiger charge is 2.48. The van der Waals surface area contributed by atoms with Crippen LogP contribution in [0.5, 0.6) is 0 Å². The average molecular weight is 507 g/mol. The van der Waals surface area contributed by atoms with Gasteiger partial charge in [-0.3, -0.25) is 4.79 Å². The zero-order chi connectivity index (χ0) is 27.0. The molecule has 0 bridgehead atoms. The number of hydrogen-bond acceptors (Lipinski definition) is 6.